The first-order valence-corrected chi connectivity index (χ1v) is 8.34. The van der Waals surface area contributed by atoms with Crippen LogP contribution in [0.4, 0.5) is 0 Å². The second kappa shape index (κ2) is 6.48. The summed E-state index contributed by atoms with van der Waals surface area (Å²) in [6.45, 7) is 1.99. The zero-order chi connectivity index (χ0) is 18.1. The van der Waals surface area contributed by atoms with E-state index < -0.39 is 0 Å². The lowest BCUT2D eigenvalue weighted by molar-refractivity contribution is 0.0713. The van der Waals surface area contributed by atoms with Crippen molar-refractivity contribution in [1.29, 1.82) is 0 Å². The van der Waals surface area contributed by atoms with Crippen molar-refractivity contribution in [3.8, 4) is 5.69 Å². The molecule has 0 spiro atoms. The van der Waals surface area contributed by atoms with E-state index in [1.807, 2.05) is 55.5 Å². The highest BCUT2D eigenvalue weighted by molar-refractivity contribution is 5.96. The predicted molar refractivity (Wildman–Crippen MR) is 98.1 cm³/mol. The van der Waals surface area contributed by atoms with Crippen molar-refractivity contribution >= 4 is 16.9 Å². The second-order valence-corrected chi connectivity index (χ2v) is 6.17. The summed E-state index contributed by atoms with van der Waals surface area (Å²) in [5.74, 6) is 0.203. The van der Waals surface area contributed by atoms with Crippen LogP contribution in [0, 0.1) is 0 Å². The number of nitrogens with zero attached hydrogens (tertiary/aromatic N) is 4. The lowest BCUT2D eigenvalue weighted by Crippen LogP contribution is -2.29. The van der Waals surface area contributed by atoms with Gasteiger partial charge in [0.05, 0.1) is 11.7 Å². The molecule has 0 aliphatic rings. The second-order valence-electron chi connectivity index (χ2n) is 6.17. The van der Waals surface area contributed by atoms with E-state index in [0.717, 1.165) is 16.6 Å². The van der Waals surface area contributed by atoms with E-state index in [1.54, 1.807) is 29.0 Å². The Balaban J connectivity index is 1.55. The number of carbonyl (C=O) groups is 1. The zero-order valence-electron chi connectivity index (χ0n) is 14.5. The van der Waals surface area contributed by atoms with E-state index in [2.05, 4.69) is 10.1 Å². The van der Waals surface area contributed by atoms with Crippen LogP contribution in [0.25, 0.3) is 16.7 Å². The van der Waals surface area contributed by atoms with Gasteiger partial charge in [0.1, 0.15) is 18.2 Å². The lowest BCUT2D eigenvalue weighted by Gasteiger charge is -2.24. The maximum atomic E-state index is 12.8. The number of aromatic nitrogens is 3. The highest BCUT2D eigenvalue weighted by atomic mass is 16.3. The molecule has 0 saturated carbocycles. The van der Waals surface area contributed by atoms with Gasteiger partial charge in [-0.05, 0) is 36.8 Å². The average Bonchev–Trinajstić information content (AvgIpc) is 3.36. The van der Waals surface area contributed by atoms with E-state index >= 15 is 0 Å². The van der Waals surface area contributed by atoms with E-state index in [0.29, 0.717) is 11.3 Å². The number of hydrogen-bond donors (Lipinski definition) is 0. The van der Waals surface area contributed by atoms with Crippen LogP contribution in [0.1, 0.15) is 29.1 Å². The third-order valence-electron chi connectivity index (χ3n) is 4.60. The van der Waals surface area contributed by atoms with Gasteiger partial charge in [0.25, 0.3) is 5.91 Å². The molecule has 1 atom stereocenters. The summed E-state index contributed by atoms with van der Waals surface area (Å²) in [4.78, 5) is 18.4. The highest BCUT2D eigenvalue weighted by Crippen LogP contribution is 2.25. The molecule has 0 aliphatic carbocycles. The number of hydrogen-bond acceptors (Lipinski definition) is 4. The Labute approximate surface area is 150 Å². The Hall–Kier alpha value is -3.41. The minimum absolute atomic E-state index is 0.0968. The molecule has 0 aliphatic heterocycles. The number of rotatable bonds is 4. The SMILES string of the molecule is C[C@@H](c1ccc(-n2cncn2)cc1)N(C)C(=O)c1cc2ccccc2o1. The molecule has 4 rings (SSSR count). The molecule has 130 valence electrons. The van der Waals surface area contributed by atoms with Crippen molar-refractivity contribution < 1.29 is 9.21 Å². The molecular weight excluding hydrogens is 328 g/mol. The topological polar surface area (TPSA) is 64.2 Å². The third kappa shape index (κ3) is 2.86. The molecule has 0 N–H and O–H groups in total. The first kappa shape index (κ1) is 16.1. The Morgan fingerprint density at radius 1 is 1.15 bits per heavy atom. The maximum Gasteiger partial charge on any atom is 0.289 e. The van der Waals surface area contributed by atoms with Crippen LogP contribution in [0.3, 0.4) is 0 Å². The van der Waals surface area contributed by atoms with E-state index in [4.69, 9.17) is 4.42 Å². The molecule has 0 bridgehead atoms. The van der Waals surface area contributed by atoms with Gasteiger partial charge in [0.15, 0.2) is 5.76 Å². The summed E-state index contributed by atoms with van der Waals surface area (Å²) < 4.78 is 7.39. The molecule has 0 saturated heterocycles. The minimum Gasteiger partial charge on any atom is -0.451 e. The summed E-state index contributed by atoms with van der Waals surface area (Å²) >= 11 is 0. The number of amides is 1. The first-order valence-electron chi connectivity index (χ1n) is 8.34. The quantitative estimate of drug-likeness (QED) is 0.563. The Morgan fingerprint density at radius 3 is 2.62 bits per heavy atom. The van der Waals surface area contributed by atoms with E-state index in [1.165, 1.54) is 6.33 Å². The van der Waals surface area contributed by atoms with Gasteiger partial charge in [-0.1, -0.05) is 30.3 Å². The van der Waals surface area contributed by atoms with Gasteiger partial charge < -0.3 is 9.32 Å². The molecule has 0 unspecified atom stereocenters. The van der Waals surface area contributed by atoms with Gasteiger partial charge in [0.2, 0.25) is 0 Å². The summed E-state index contributed by atoms with van der Waals surface area (Å²) in [6, 6.07) is 17.2. The van der Waals surface area contributed by atoms with Crippen molar-refractivity contribution in [2.24, 2.45) is 0 Å². The van der Waals surface area contributed by atoms with Crippen LogP contribution in [-0.2, 0) is 0 Å². The molecule has 4 aromatic rings. The van der Waals surface area contributed by atoms with Crippen molar-refractivity contribution in [2.75, 3.05) is 7.05 Å². The van der Waals surface area contributed by atoms with Gasteiger partial charge in [-0.25, -0.2) is 9.67 Å². The predicted octanol–water partition coefficient (Wildman–Crippen LogP) is 3.85. The smallest absolute Gasteiger partial charge is 0.289 e. The van der Waals surface area contributed by atoms with Crippen molar-refractivity contribution in [1.82, 2.24) is 19.7 Å². The molecule has 0 fully saturated rings. The Morgan fingerprint density at radius 2 is 1.92 bits per heavy atom. The molecule has 6 nitrogen and oxygen atoms in total. The van der Waals surface area contributed by atoms with Gasteiger partial charge >= 0.3 is 0 Å². The molecule has 6 heteroatoms. The number of para-hydroxylation sites is 1. The molecule has 2 aromatic heterocycles. The van der Waals surface area contributed by atoms with Gasteiger partial charge in [0, 0.05) is 12.4 Å². The maximum absolute atomic E-state index is 12.8. The fraction of sp³-hybridized carbons (Fsp3) is 0.150. The van der Waals surface area contributed by atoms with Gasteiger partial charge in [-0.3, -0.25) is 4.79 Å². The minimum atomic E-state index is -0.144. The standard InChI is InChI=1S/C20H18N4O2/c1-14(15-7-9-17(10-8-15)24-13-21-12-22-24)23(2)20(25)19-11-16-5-3-4-6-18(16)26-19/h3-14H,1-2H3/t14-/m0/s1. The number of benzene rings is 2. The first-order chi connectivity index (χ1) is 12.6. The zero-order valence-corrected chi connectivity index (χ0v) is 14.5. The fourth-order valence-electron chi connectivity index (χ4n) is 2.91. The van der Waals surface area contributed by atoms with Crippen molar-refractivity contribution in [3.05, 3.63) is 78.6 Å². The Kier molecular flexibility index (Phi) is 4.01. The van der Waals surface area contributed by atoms with Crippen LogP contribution < -0.4 is 0 Å². The van der Waals surface area contributed by atoms with Gasteiger partial charge in [-0.15, -0.1) is 0 Å². The van der Waals surface area contributed by atoms with Crippen LogP contribution >= 0.6 is 0 Å². The summed E-state index contributed by atoms with van der Waals surface area (Å²) in [6.07, 6.45) is 3.14. The number of fused-ring (bicyclic) bond motifs is 1. The summed E-state index contributed by atoms with van der Waals surface area (Å²) in [7, 11) is 1.78. The molecule has 1 amide bonds. The monoisotopic (exact) mass is 346 g/mol. The number of carbonyl (C=O) groups excluding carboxylic acids is 1. The average molecular weight is 346 g/mol. The van der Waals surface area contributed by atoms with Crippen molar-refractivity contribution in [3.63, 3.8) is 0 Å². The highest BCUT2D eigenvalue weighted by Gasteiger charge is 2.22. The van der Waals surface area contributed by atoms with Gasteiger partial charge in [-0.2, -0.15) is 5.10 Å². The van der Waals surface area contributed by atoms with E-state index in [-0.39, 0.29) is 11.9 Å². The molecular formula is C20H18N4O2. The molecule has 2 aromatic carbocycles. The lowest BCUT2D eigenvalue weighted by atomic mass is 10.1. The van der Waals surface area contributed by atoms with Crippen molar-refractivity contribution in [2.45, 2.75) is 13.0 Å². The molecule has 0 radical (unpaired) electrons. The largest absolute Gasteiger partial charge is 0.451 e. The normalized spacial score (nSPS) is 12.2. The Bertz CT molecular complexity index is 1000. The fourth-order valence-corrected chi connectivity index (χ4v) is 2.91. The van der Waals surface area contributed by atoms with Crippen LogP contribution in [0.5, 0.6) is 0 Å². The van der Waals surface area contributed by atoms with Crippen LogP contribution in [-0.4, -0.2) is 32.6 Å². The van der Waals surface area contributed by atoms with E-state index in [9.17, 15) is 4.79 Å². The molecule has 26 heavy (non-hydrogen) atoms. The third-order valence-corrected chi connectivity index (χ3v) is 4.60. The van der Waals surface area contributed by atoms with Crippen LogP contribution in [0.15, 0.2) is 71.7 Å². The summed E-state index contributed by atoms with van der Waals surface area (Å²) in [5, 5.41) is 5.04. The van der Waals surface area contributed by atoms with Crippen LogP contribution in [0.2, 0.25) is 0 Å². The molecule has 2 heterocycles. The summed E-state index contributed by atoms with van der Waals surface area (Å²) in [5.41, 5.74) is 2.67. The number of furan rings is 1.